The van der Waals surface area contributed by atoms with Crippen LogP contribution in [0.5, 0.6) is 0 Å². The van der Waals surface area contributed by atoms with Crippen LogP contribution < -0.4 is 0 Å². The average Bonchev–Trinajstić information content (AvgIpc) is 1.66. The van der Waals surface area contributed by atoms with E-state index in [-0.39, 0.29) is 0 Å². The summed E-state index contributed by atoms with van der Waals surface area (Å²) in [7, 11) is 0. The molecule has 0 saturated heterocycles. The summed E-state index contributed by atoms with van der Waals surface area (Å²) in [5, 5.41) is 0. The smallest absolute Gasteiger partial charge is 0.151 e. The van der Waals surface area contributed by atoms with Gasteiger partial charge in [-0.1, -0.05) is 12.8 Å². The van der Waals surface area contributed by atoms with Crippen molar-refractivity contribution in [1.29, 1.82) is 0 Å². The fourth-order valence-electron chi connectivity index (χ4n) is 0.136. The molecule has 0 aliphatic rings. The normalized spacial score (nSPS) is 11.2. The molecular formula is C4H5O3S-. The number of rotatable bonds is 1. The van der Waals surface area contributed by atoms with Gasteiger partial charge in [-0.3, -0.25) is 0 Å². The third kappa shape index (κ3) is 5.47. The van der Waals surface area contributed by atoms with Gasteiger partial charge < -0.3 is 8.74 Å². The summed E-state index contributed by atoms with van der Waals surface area (Å²) in [6, 6.07) is 0. The Morgan fingerprint density at radius 2 is 2.50 bits per heavy atom. The highest BCUT2D eigenvalue weighted by atomic mass is 32.2. The second-order valence-electron chi connectivity index (χ2n) is 0.920. The second kappa shape index (κ2) is 4.62. The highest BCUT2D eigenvalue weighted by Gasteiger charge is 1.68. The third-order valence-corrected chi connectivity index (χ3v) is 0.578. The van der Waals surface area contributed by atoms with Gasteiger partial charge in [0.05, 0.1) is 0 Å². The maximum Gasteiger partial charge on any atom is 0.151 e. The predicted octanol–water partition coefficient (Wildman–Crippen LogP) is 0.168. The summed E-state index contributed by atoms with van der Waals surface area (Å²) in [6.45, 7) is 1.80. The summed E-state index contributed by atoms with van der Waals surface area (Å²) < 4.78 is 22.9. The second-order valence-corrected chi connectivity index (χ2v) is 1.49. The van der Waals surface area contributed by atoms with E-state index in [1.54, 1.807) is 6.92 Å². The lowest BCUT2D eigenvalue weighted by atomic mass is 10.5. The molecule has 0 heterocycles. The van der Waals surface area contributed by atoms with Crippen LogP contribution in [0.1, 0.15) is 13.3 Å². The van der Waals surface area contributed by atoms with Crippen molar-refractivity contribution < 1.29 is 12.9 Å². The monoisotopic (exact) mass is 133 g/mol. The van der Waals surface area contributed by atoms with Crippen molar-refractivity contribution in [1.82, 2.24) is 0 Å². The summed E-state index contributed by atoms with van der Waals surface area (Å²) in [6.07, 6.45) is 2.57. The van der Waals surface area contributed by atoms with Gasteiger partial charge in [0.1, 0.15) is 6.11 Å². The number of hydrogen-bond acceptors (Lipinski definition) is 3. The zero-order valence-electron chi connectivity index (χ0n) is 4.34. The van der Waals surface area contributed by atoms with Gasteiger partial charge in [0, 0.05) is 6.42 Å². The zero-order chi connectivity index (χ0) is 6.41. The molecule has 46 valence electrons. The van der Waals surface area contributed by atoms with E-state index in [2.05, 4.69) is 10.1 Å². The molecule has 0 aliphatic heterocycles. The van der Waals surface area contributed by atoms with Crippen molar-refractivity contribution >= 4 is 11.4 Å². The molecule has 1 atom stereocenters. The lowest BCUT2D eigenvalue weighted by Crippen LogP contribution is -1.85. The lowest BCUT2D eigenvalue weighted by molar-refractivity contribution is 0.423. The predicted molar refractivity (Wildman–Crippen MR) is 28.1 cm³/mol. The molecular weight excluding hydrogens is 128 g/mol. The van der Waals surface area contributed by atoms with Crippen molar-refractivity contribution in [3.05, 3.63) is 0 Å². The van der Waals surface area contributed by atoms with Gasteiger partial charge in [-0.15, -0.1) is 0 Å². The van der Waals surface area contributed by atoms with Crippen molar-refractivity contribution in [2.45, 2.75) is 13.3 Å². The van der Waals surface area contributed by atoms with Crippen LogP contribution in [0.25, 0.3) is 0 Å². The van der Waals surface area contributed by atoms with E-state index in [9.17, 15) is 8.76 Å². The van der Waals surface area contributed by atoms with Gasteiger partial charge in [0.25, 0.3) is 0 Å². The molecule has 3 nitrogen and oxygen atoms in total. The van der Waals surface area contributed by atoms with Gasteiger partial charge in [0.2, 0.25) is 0 Å². The van der Waals surface area contributed by atoms with Gasteiger partial charge in [-0.05, 0) is 0 Å². The summed E-state index contributed by atoms with van der Waals surface area (Å²) in [5.41, 5.74) is 0. The molecule has 1 unspecified atom stereocenters. The quantitative estimate of drug-likeness (QED) is 0.378. The molecule has 0 aromatic rings. The number of hydrogen-bond donors (Lipinski definition) is 0. The van der Waals surface area contributed by atoms with E-state index in [0.29, 0.717) is 6.42 Å². The maximum atomic E-state index is 9.55. The summed E-state index contributed by atoms with van der Waals surface area (Å²) in [5.74, 6) is 2.41. The Labute approximate surface area is 50.5 Å². The first kappa shape index (κ1) is 7.47. The molecule has 0 N–H and O–H groups in total. The molecule has 0 aromatic heterocycles. The van der Waals surface area contributed by atoms with E-state index in [1.165, 1.54) is 0 Å². The first-order valence-electron chi connectivity index (χ1n) is 2.01. The minimum atomic E-state index is -2.49. The standard InChI is InChI=1S/C4H6O3S/c1-2-3-4-7-8(5)6/h2H2,1H3,(H,5,6)/p-1. The van der Waals surface area contributed by atoms with E-state index >= 15 is 0 Å². The van der Waals surface area contributed by atoms with Crippen LogP contribution in [0.15, 0.2) is 0 Å². The van der Waals surface area contributed by atoms with Crippen LogP contribution in [0.3, 0.4) is 0 Å². The van der Waals surface area contributed by atoms with Crippen molar-refractivity contribution in [2.75, 3.05) is 0 Å². The van der Waals surface area contributed by atoms with E-state index in [0.717, 1.165) is 0 Å². The SMILES string of the molecule is CCC#COS(=O)[O-]. The van der Waals surface area contributed by atoms with Gasteiger partial charge >= 0.3 is 0 Å². The van der Waals surface area contributed by atoms with Gasteiger partial charge in [-0.25, -0.2) is 4.21 Å². The molecule has 0 amide bonds. The molecule has 4 heteroatoms. The van der Waals surface area contributed by atoms with Crippen molar-refractivity contribution in [3.8, 4) is 12.0 Å². The fraction of sp³-hybridized carbons (Fsp3) is 0.500. The molecule has 8 heavy (non-hydrogen) atoms. The molecule has 0 radical (unpaired) electrons. The third-order valence-electron chi connectivity index (χ3n) is 0.359. The van der Waals surface area contributed by atoms with E-state index in [1.807, 2.05) is 6.11 Å². The Morgan fingerprint density at radius 3 is 2.88 bits per heavy atom. The minimum absolute atomic E-state index is 0.594. The highest BCUT2D eigenvalue weighted by molar-refractivity contribution is 7.74. The zero-order valence-corrected chi connectivity index (χ0v) is 5.16. The molecule has 0 fully saturated rings. The van der Waals surface area contributed by atoms with Crippen molar-refractivity contribution in [3.63, 3.8) is 0 Å². The Morgan fingerprint density at radius 1 is 1.88 bits per heavy atom. The topological polar surface area (TPSA) is 49.4 Å². The van der Waals surface area contributed by atoms with Crippen LogP contribution >= 0.6 is 0 Å². The van der Waals surface area contributed by atoms with Crippen LogP contribution in [0.4, 0.5) is 0 Å². The largest absolute Gasteiger partial charge is 0.739 e. The first-order valence-corrected chi connectivity index (χ1v) is 3.01. The summed E-state index contributed by atoms with van der Waals surface area (Å²) >= 11 is -2.49. The Bertz CT molecular complexity index is 132. The molecule has 0 bridgehead atoms. The average molecular weight is 133 g/mol. The summed E-state index contributed by atoms with van der Waals surface area (Å²) in [4.78, 5) is 0. The molecule has 0 aromatic carbocycles. The highest BCUT2D eigenvalue weighted by Crippen LogP contribution is 1.73. The van der Waals surface area contributed by atoms with Gasteiger partial charge in [-0.2, -0.15) is 0 Å². The Kier molecular flexibility index (Phi) is 4.32. The minimum Gasteiger partial charge on any atom is -0.739 e. The van der Waals surface area contributed by atoms with E-state index in [4.69, 9.17) is 0 Å². The van der Waals surface area contributed by atoms with E-state index < -0.39 is 11.4 Å². The fourth-order valence-corrected chi connectivity index (χ4v) is 0.263. The first-order chi connectivity index (χ1) is 3.77. The molecule has 0 spiro atoms. The lowest BCUT2D eigenvalue weighted by Gasteiger charge is -1.94. The van der Waals surface area contributed by atoms with Gasteiger partial charge in [0.15, 0.2) is 11.4 Å². The molecule has 0 rings (SSSR count). The molecule has 0 aliphatic carbocycles. The van der Waals surface area contributed by atoms with Crippen LogP contribution in [0, 0.1) is 12.0 Å². The van der Waals surface area contributed by atoms with Crippen molar-refractivity contribution in [2.24, 2.45) is 0 Å². The van der Waals surface area contributed by atoms with Crippen LogP contribution in [-0.2, 0) is 15.5 Å². The Balaban J connectivity index is 3.29. The molecule has 0 saturated carbocycles. The maximum absolute atomic E-state index is 9.55. The van der Waals surface area contributed by atoms with Crippen LogP contribution in [0.2, 0.25) is 0 Å². The Hall–Kier alpha value is -0.530. The van der Waals surface area contributed by atoms with Crippen LogP contribution in [-0.4, -0.2) is 8.76 Å².